The normalized spacial score (nSPS) is 27.3. The molecule has 0 radical (unpaired) electrons. The van der Waals surface area contributed by atoms with Gasteiger partial charge in [0.25, 0.3) is 0 Å². The maximum atomic E-state index is 6.22. The van der Waals surface area contributed by atoms with E-state index in [4.69, 9.17) is 15.5 Å². The van der Waals surface area contributed by atoms with E-state index < -0.39 is 5.72 Å². The van der Waals surface area contributed by atoms with Gasteiger partial charge in [0.05, 0.1) is 0 Å². The van der Waals surface area contributed by atoms with Gasteiger partial charge in [0.15, 0.2) is 0 Å². The molecule has 0 aromatic heterocycles. The Morgan fingerprint density at radius 3 is 2.48 bits per heavy atom. The van der Waals surface area contributed by atoms with Gasteiger partial charge in [0.1, 0.15) is 11.4 Å². The number of allylic oxidation sites excluding steroid dienone is 1. The van der Waals surface area contributed by atoms with Gasteiger partial charge in [0, 0.05) is 17.8 Å². The van der Waals surface area contributed by atoms with E-state index >= 15 is 0 Å². The maximum absolute atomic E-state index is 6.22. The molecule has 0 amide bonds. The van der Waals surface area contributed by atoms with Gasteiger partial charge < -0.3 is 10.5 Å². The van der Waals surface area contributed by atoms with Gasteiger partial charge in [-0.15, -0.1) is 0 Å². The van der Waals surface area contributed by atoms with Crippen molar-refractivity contribution in [2.24, 2.45) is 15.7 Å². The summed E-state index contributed by atoms with van der Waals surface area (Å²) >= 11 is 0. The zero-order valence-electron chi connectivity index (χ0n) is 17.0. The van der Waals surface area contributed by atoms with Gasteiger partial charge in [-0.05, 0) is 52.1 Å². The lowest BCUT2D eigenvalue weighted by atomic mass is 9.83. The highest BCUT2D eigenvalue weighted by molar-refractivity contribution is 6.13. The van der Waals surface area contributed by atoms with Gasteiger partial charge in [-0.25, -0.2) is 4.99 Å². The lowest BCUT2D eigenvalue weighted by Crippen LogP contribution is -2.54. The summed E-state index contributed by atoms with van der Waals surface area (Å²) in [6.45, 7) is 6.40. The number of benzene rings is 1. The number of hydrogen-bond acceptors (Lipinski definition) is 5. The van der Waals surface area contributed by atoms with Crippen molar-refractivity contribution < 1.29 is 4.74 Å². The summed E-state index contributed by atoms with van der Waals surface area (Å²) in [7, 11) is 1.87. The highest BCUT2D eigenvalue weighted by Crippen LogP contribution is 2.33. The van der Waals surface area contributed by atoms with Gasteiger partial charge in [0.2, 0.25) is 11.6 Å². The van der Waals surface area contributed by atoms with Crippen molar-refractivity contribution in [2.45, 2.75) is 64.5 Å². The Labute approximate surface area is 162 Å². The van der Waals surface area contributed by atoms with E-state index in [0.29, 0.717) is 29.8 Å². The minimum Gasteiger partial charge on any atom is -0.449 e. The van der Waals surface area contributed by atoms with Crippen LogP contribution in [0.3, 0.4) is 0 Å². The number of nitrogens with zero attached hydrogens (tertiary/aromatic N) is 2. The third-order valence-electron chi connectivity index (χ3n) is 5.59. The Hall–Kier alpha value is -2.14. The number of likely N-dealkylation sites (N-methyl/N-ethyl adjacent to an activating group) is 1. The van der Waals surface area contributed by atoms with Crippen LogP contribution in [0.25, 0.3) is 0 Å². The molecule has 3 N–H and O–H groups in total. The van der Waals surface area contributed by atoms with Crippen LogP contribution in [0, 0.1) is 0 Å². The van der Waals surface area contributed by atoms with Gasteiger partial charge in [-0.3, -0.25) is 10.3 Å². The number of hydrogen-bond donors (Lipinski definition) is 2. The first kappa shape index (κ1) is 19.6. The predicted octanol–water partition coefficient (Wildman–Crippen LogP) is 4.10. The van der Waals surface area contributed by atoms with Crippen molar-refractivity contribution in [1.82, 2.24) is 5.32 Å². The van der Waals surface area contributed by atoms with Crippen LogP contribution in [-0.2, 0) is 4.74 Å². The molecule has 3 rings (SSSR count). The average Bonchev–Trinajstić information content (AvgIpc) is 2.69. The molecule has 146 valence electrons. The number of nitrogens with two attached hydrogens (primary N) is 1. The van der Waals surface area contributed by atoms with Crippen LogP contribution < -0.4 is 11.1 Å². The van der Waals surface area contributed by atoms with Crippen LogP contribution in [-0.4, -0.2) is 30.9 Å². The molecule has 1 aliphatic heterocycles. The first-order valence-electron chi connectivity index (χ1n) is 10.1. The maximum Gasteiger partial charge on any atom is 0.239 e. The Morgan fingerprint density at radius 2 is 1.93 bits per heavy atom. The van der Waals surface area contributed by atoms with E-state index in [-0.39, 0.29) is 0 Å². The zero-order valence-corrected chi connectivity index (χ0v) is 17.0. The second kappa shape index (κ2) is 8.26. The van der Waals surface area contributed by atoms with Gasteiger partial charge in [-0.2, -0.15) is 0 Å². The quantitative estimate of drug-likeness (QED) is 0.840. The molecular weight excluding hydrogens is 336 g/mol. The molecule has 1 unspecified atom stereocenters. The molecule has 27 heavy (non-hydrogen) atoms. The predicted molar refractivity (Wildman–Crippen MR) is 112 cm³/mol. The van der Waals surface area contributed by atoms with Crippen LogP contribution >= 0.6 is 0 Å². The molecule has 1 aromatic rings. The fourth-order valence-corrected chi connectivity index (χ4v) is 3.92. The zero-order chi connectivity index (χ0) is 19.4. The summed E-state index contributed by atoms with van der Waals surface area (Å²) in [6.07, 6.45) is 6.66. The van der Waals surface area contributed by atoms with Crippen LogP contribution in [0.4, 0.5) is 0 Å². The van der Waals surface area contributed by atoms with Gasteiger partial charge >= 0.3 is 0 Å². The van der Waals surface area contributed by atoms with Crippen molar-refractivity contribution in [2.75, 3.05) is 13.6 Å². The standard InChI is InChI=1S/C22H32N4O/c1-5-25-21-19(15(2)23)26-20(22(3,24-4)27-21)18-13-11-17(12-14-18)16-9-7-6-8-10-16/h11-14,16,24H,5-10,23H2,1-4H3/b19-15-,25-21+. The van der Waals surface area contributed by atoms with Crippen molar-refractivity contribution in [3.63, 3.8) is 0 Å². The lowest BCUT2D eigenvalue weighted by Gasteiger charge is -2.36. The lowest BCUT2D eigenvalue weighted by molar-refractivity contribution is 0.114. The molecule has 1 saturated carbocycles. The van der Waals surface area contributed by atoms with Crippen molar-refractivity contribution in [1.29, 1.82) is 0 Å². The molecule has 5 heteroatoms. The molecule has 0 spiro atoms. The Balaban J connectivity index is 1.98. The first-order valence-corrected chi connectivity index (χ1v) is 10.1. The average molecular weight is 369 g/mol. The van der Waals surface area contributed by atoms with Crippen molar-refractivity contribution in [3.05, 3.63) is 46.8 Å². The summed E-state index contributed by atoms with van der Waals surface area (Å²) in [4.78, 5) is 9.31. The van der Waals surface area contributed by atoms with Crippen molar-refractivity contribution in [3.8, 4) is 0 Å². The molecule has 2 aliphatic rings. The molecule has 0 saturated heterocycles. The second-order valence-electron chi connectivity index (χ2n) is 7.61. The van der Waals surface area contributed by atoms with Crippen molar-refractivity contribution >= 4 is 11.6 Å². The minimum atomic E-state index is -0.751. The summed E-state index contributed by atoms with van der Waals surface area (Å²) in [6, 6.07) is 8.82. The topological polar surface area (TPSA) is 72.0 Å². The van der Waals surface area contributed by atoms with E-state index in [1.54, 1.807) is 0 Å². The van der Waals surface area contributed by atoms with E-state index in [0.717, 1.165) is 11.3 Å². The smallest absolute Gasteiger partial charge is 0.239 e. The second-order valence-corrected chi connectivity index (χ2v) is 7.61. The first-order chi connectivity index (χ1) is 13.0. The number of aliphatic imine (C=N–C) groups is 2. The summed E-state index contributed by atoms with van der Waals surface area (Å²) in [5.74, 6) is 1.19. The monoisotopic (exact) mass is 368 g/mol. The molecule has 1 atom stereocenters. The third kappa shape index (κ3) is 4.08. The highest BCUT2D eigenvalue weighted by atomic mass is 16.5. The largest absolute Gasteiger partial charge is 0.449 e. The molecule has 0 bridgehead atoms. The van der Waals surface area contributed by atoms with E-state index in [2.05, 4.69) is 34.6 Å². The molecule has 1 aromatic carbocycles. The van der Waals surface area contributed by atoms with Gasteiger partial charge in [-0.1, -0.05) is 43.5 Å². The van der Waals surface area contributed by atoms with Crippen LogP contribution in [0.5, 0.6) is 0 Å². The summed E-state index contributed by atoms with van der Waals surface area (Å²) in [5, 5.41) is 3.26. The van der Waals surface area contributed by atoms with Crippen LogP contribution in [0.2, 0.25) is 0 Å². The molecular formula is C22H32N4O. The number of nitrogens with one attached hydrogen (secondary N) is 1. The van der Waals surface area contributed by atoms with Crippen LogP contribution in [0.1, 0.15) is 69.9 Å². The Morgan fingerprint density at radius 1 is 1.26 bits per heavy atom. The fraction of sp³-hybridized carbons (Fsp3) is 0.545. The fourth-order valence-electron chi connectivity index (χ4n) is 3.92. The molecule has 1 fully saturated rings. The molecule has 1 heterocycles. The van der Waals surface area contributed by atoms with E-state index in [9.17, 15) is 0 Å². The number of rotatable bonds is 4. The molecule has 5 nitrogen and oxygen atoms in total. The SMILES string of the molecule is CC/N=C1/OC(C)(NC)C(c2ccc(C3CCCCC3)cc2)=N/C1=C(/C)N. The van der Waals surface area contributed by atoms with E-state index in [1.807, 2.05) is 27.8 Å². The Kier molecular flexibility index (Phi) is 6.00. The Bertz CT molecular complexity index is 753. The minimum absolute atomic E-state index is 0.497. The third-order valence-corrected chi connectivity index (χ3v) is 5.59. The summed E-state index contributed by atoms with van der Waals surface area (Å²) < 4.78 is 6.22. The highest BCUT2D eigenvalue weighted by Gasteiger charge is 2.39. The van der Waals surface area contributed by atoms with E-state index in [1.165, 1.54) is 37.7 Å². The molecule has 1 aliphatic carbocycles. The number of ether oxygens (including phenoxy) is 1. The summed E-state index contributed by atoms with van der Waals surface area (Å²) in [5.41, 5.74) is 9.85. The van der Waals surface area contributed by atoms with Crippen LogP contribution in [0.15, 0.2) is 45.6 Å².